The summed E-state index contributed by atoms with van der Waals surface area (Å²) in [5, 5.41) is 11.7. The number of amides is 1. The Morgan fingerprint density at radius 2 is 1.69 bits per heavy atom. The number of benzene rings is 2. The molecule has 1 atom stereocenters. The van der Waals surface area contributed by atoms with Crippen molar-refractivity contribution in [2.75, 3.05) is 0 Å². The molecule has 4 nitrogen and oxygen atoms in total. The normalized spacial score (nSPS) is 12.5. The molecule has 26 heavy (non-hydrogen) atoms. The molecule has 0 saturated heterocycles. The zero-order valence-corrected chi connectivity index (χ0v) is 14.0. The molecule has 0 radical (unpaired) electrons. The van der Waals surface area contributed by atoms with Crippen molar-refractivity contribution in [3.63, 3.8) is 0 Å². The molecule has 0 fully saturated rings. The van der Waals surface area contributed by atoms with Crippen LogP contribution in [0, 0.1) is 6.92 Å². The van der Waals surface area contributed by atoms with E-state index in [4.69, 9.17) is 5.11 Å². The van der Waals surface area contributed by atoms with Gasteiger partial charge in [0.2, 0.25) is 5.91 Å². The second kappa shape index (κ2) is 8.03. The summed E-state index contributed by atoms with van der Waals surface area (Å²) in [6.45, 7) is 1.81. The van der Waals surface area contributed by atoms with Crippen LogP contribution in [0.25, 0.3) is 0 Å². The average Bonchev–Trinajstić information content (AvgIpc) is 2.54. The van der Waals surface area contributed by atoms with E-state index in [1.807, 2.05) is 13.0 Å². The van der Waals surface area contributed by atoms with Crippen molar-refractivity contribution in [1.29, 1.82) is 0 Å². The van der Waals surface area contributed by atoms with Crippen LogP contribution < -0.4 is 5.32 Å². The van der Waals surface area contributed by atoms with E-state index < -0.39 is 29.7 Å². The summed E-state index contributed by atoms with van der Waals surface area (Å²) < 4.78 is 37.7. The fourth-order valence-corrected chi connectivity index (χ4v) is 2.63. The molecule has 0 aliphatic rings. The third kappa shape index (κ3) is 5.34. The average molecular weight is 365 g/mol. The molecule has 0 saturated carbocycles. The van der Waals surface area contributed by atoms with Crippen LogP contribution >= 0.6 is 0 Å². The number of carboxylic acid groups (broad SMARTS) is 1. The van der Waals surface area contributed by atoms with E-state index in [2.05, 4.69) is 5.32 Å². The Labute approximate surface area is 148 Å². The number of halogens is 3. The molecule has 2 aromatic carbocycles. The van der Waals surface area contributed by atoms with Crippen molar-refractivity contribution in [3.8, 4) is 0 Å². The highest BCUT2D eigenvalue weighted by Crippen LogP contribution is 2.29. The lowest BCUT2D eigenvalue weighted by Crippen LogP contribution is -2.31. The van der Waals surface area contributed by atoms with E-state index >= 15 is 0 Å². The van der Waals surface area contributed by atoms with Gasteiger partial charge in [0.25, 0.3) is 0 Å². The molecule has 2 N–H and O–H groups in total. The first-order valence-corrected chi connectivity index (χ1v) is 7.89. The Morgan fingerprint density at radius 3 is 2.23 bits per heavy atom. The van der Waals surface area contributed by atoms with E-state index in [1.165, 1.54) is 12.1 Å². The number of nitrogens with one attached hydrogen (secondary N) is 1. The largest absolute Gasteiger partial charge is 0.481 e. The zero-order chi connectivity index (χ0) is 19.3. The minimum atomic E-state index is -4.43. The fraction of sp³-hybridized carbons (Fsp3) is 0.263. The summed E-state index contributed by atoms with van der Waals surface area (Å²) in [7, 11) is 0. The lowest BCUT2D eigenvalue weighted by Gasteiger charge is -2.19. The van der Waals surface area contributed by atoms with Gasteiger partial charge in [0.1, 0.15) is 0 Å². The highest BCUT2D eigenvalue weighted by atomic mass is 19.4. The molecule has 1 amide bonds. The first-order chi connectivity index (χ1) is 12.2. The van der Waals surface area contributed by atoms with E-state index in [-0.39, 0.29) is 12.8 Å². The Bertz CT molecular complexity index is 785. The molecule has 2 aromatic rings. The molecule has 0 spiro atoms. The maximum atomic E-state index is 12.6. The number of carbonyl (C=O) groups excluding carboxylic acids is 1. The number of carboxylic acids is 1. The minimum Gasteiger partial charge on any atom is -0.481 e. The van der Waals surface area contributed by atoms with Gasteiger partial charge in [-0.05, 0) is 35.7 Å². The number of hydrogen-bond donors (Lipinski definition) is 2. The van der Waals surface area contributed by atoms with Crippen molar-refractivity contribution in [1.82, 2.24) is 5.32 Å². The van der Waals surface area contributed by atoms with Crippen molar-refractivity contribution >= 4 is 11.9 Å². The van der Waals surface area contributed by atoms with Gasteiger partial charge in [-0.1, -0.05) is 36.4 Å². The van der Waals surface area contributed by atoms with Gasteiger partial charge in [-0.15, -0.1) is 0 Å². The van der Waals surface area contributed by atoms with E-state index in [9.17, 15) is 22.8 Å². The quantitative estimate of drug-likeness (QED) is 0.816. The van der Waals surface area contributed by atoms with Crippen LogP contribution in [0.1, 0.15) is 34.7 Å². The van der Waals surface area contributed by atoms with Crippen LogP contribution in [0.15, 0.2) is 48.5 Å². The van der Waals surface area contributed by atoms with Crippen LogP contribution in [-0.2, 0) is 22.2 Å². The maximum absolute atomic E-state index is 12.6. The molecule has 1 unspecified atom stereocenters. The molecular weight excluding hydrogens is 347 g/mol. The minimum absolute atomic E-state index is 0.139. The first kappa shape index (κ1) is 19.5. The maximum Gasteiger partial charge on any atom is 0.416 e. The number of aryl methyl sites for hydroxylation is 1. The Hall–Kier alpha value is -2.83. The SMILES string of the molecule is Cc1ccccc1C(CC(=O)O)NC(=O)Cc1ccc(C(F)(F)F)cc1. The molecule has 138 valence electrons. The molecule has 0 aliphatic heterocycles. The lowest BCUT2D eigenvalue weighted by molar-refractivity contribution is -0.138. The van der Waals surface area contributed by atoms with Gasteiger partial charge in [0, 0.05) is 0 Å². The van der Waals surface area contributed by atoms with Crippen LogP contribution in [0.3, 0.4) is 0 Å². The third-order valence-electron chi connectivity index (χ3n) is 3.92. The lowest BCUT2D eigenvalue weighted by atomic mass is 9.98. The summed E-state index contributed by atoms with van der Waals surface area (Å²) in [4.78, 5) is 23.4. The number of aliphatic carboxylic acids is 1. The van der Waals surface area contributed by atoms with E-state index in [0.717, 1.165) is 17.7 Å². The highest BCUT2D eigenvalue weighted by molar-refractivity contribution is 5.80. The van der Waals surface area contributed by atoms with Crippen molar-refractivity contribution in [2.45, 2.75) is 32.0 Å². The number of alkyl halides is 3. The Balaban J connectivity index is 2.10. The molecule has 2 rings (SSSR count). The number of rotatable bonds is 6. The number of carbonyl (C=O) groups is 2. The number of hydrogen-bond acceptors (Lipinski definition) is 2. The van der Waals surface area contributed by atoms with Gasteiger partial charge in [0.15, 0.2) is 0 Å². The van der Waals surface area contributed by atoms with Crippen LogP contribution in [-0.4, -0.2) is 17.0 Å². The Kier molecular flexibility index (Phi) is 6.02. The monoisotopic (exact) mass is 365 g/mol. The van der Waals surface area contributed by atoms with Crippen molar-refractivity contribution < 1.29 is 27.9 Å². The van der Waals surface area contributed by atoms with Gasteiger partial charge in [-0.2, -0.15) is 13.2 Å². The standard InChI is InChI=1S/C19H18F3NO3/c1-12-4-2-3-5-15(12)16(11-18(25)26)23-17(24)10-13-6-8-14(9-7-13)19(20,21)22/h2-9,16H,10-11H2,1H3,(H,23,24)(H,25,26). The predicted octanol–water partition coefficient (Wildman–Crippen LogP) is 3.89. The van der Waals surface area contributed by atoms with E-state index in [1.54, 1.807) is 18.2 Å². The summed E-state index contributed by atoms with van der Waals surface area (Å²) in [5.41, 5.74) is 1.16. The summed E-state index contributed by atoms with van der Waals surface area (Å²) in [5.74, 6) is -1.52. The molecule has 0 bridgehead atoms. The zero-order valence-electron chi connectivity index (χ0n) is 14.0. The van der Waals surface area contributed by atoms with Gasteiger partial charge in [-0.25, -0.2) is 0 Å². The van der Waals surface area contributed by atoms with Gasteiger partial charge < -0.3 is 10.4 Å². The molecule has 0 aromatic heterocycles. The first-order valence-electron chi connectivity index (χ1n) is 7.89. The van der Waals surface area contributed by atoms with Crippen LogP contribution in [0.5, 0.6) is 0 Å². The topological polar surface area (TPSA) is 66.4 Å². The Morgan fingerprint density at radius 1 is 1.08 bits per heavy atom. The molecule has 0 heterocycles. The summed E-state index contributed by atoms with van der Waals surface area (Å²) in [6, 6.07) is 10.7. The fourth-order valence-electron chi connectivity index (χ4n) is 2.63. The van der Waals surface area contributed by atoms with Gasteiger partial charge in [0.05, 0.1) is 24.4 Å². The van der Waals surface area contributed by atoms with Crippen molar-refractivity contribution in [3.05, 3.63) is 70.8 Å². The second-order valence-corrected chi connectivity index (χ2v) is 5.95. The van der Waals surface area contributed by atoms with Crippen LogP contribution in [0.4, 0.5) is 13.2 Å². The highest BCUT2D eigenvalue weighted by Gasteiger charge is 2.30. The van der Waals surface area contributed by atoms with Gasteiger partial charge >= 0.3 is 12.1 Å². The summed E-state index contributed by atoms with van der Waals surface area (Å²) >= 11 is 0. The molecular formula is C19H18F3NO3. The third-order valence-corrected chi connectivity index (χ3v) is 3.92. The van der Waals surface area contributed by atoms with E-state index in [0.29, 0.717) is 11.1 Å². The van der Waals surface area contributed by atoms with Crippen LogP contribution in [0.2, 0.25) is 0 Å². The molecule has 7 heteroatoms. The van der Waals surface area contributed by atoms with Gasteiger partial charge in [-0.3, -0.25) is 9.59 Å². The molecule has 0 aliphatic carbocycles. The second-order valence-electron chi connectivity index (χ2n) is 5.95. The summed E-state index contributed by atoms with van der Waals surface area (Å²) in [6.07, 6.45) is -4.86. The predicted molar refractivity (Wildman–Crippen MR) is 89.5 cm³/mol. The smallest absolute Gasteiger partial charge is 0.416 e. The van der Waals surface area contributed by atoms with Crippen molar-refractivity contribution in [2.24, 2.45) is 0 Å².